The Morgan fingerprint density at radius 1 is 1.35 bits per heavy atom. The normalized spacial score (nSPS) is 9.90. The summed E-state index contributed by atoms with van der Waals surface area (Å²) in [6, 6.07) is 11.0. The van der Waals surface area contributed by atoms with Crippen LogP contribution in [-0.2, 0) is 0 Å². The van der Waals surface area contributed by atoms with Crippen molar-refractivity contribution in [1.29, 1.82) is 5.26 Å². The number of carbonyl (C=O) groups excluding carboxylic acids is 1. The Morgan fingerprint density at radius 2 is 2.10 bits per heavy atom. The van der Waals surface area contributed by atoms with Crippen LogP contribution in [0.2, 0.25) is 5.02 Å². The van der Waals surface area contributed by atoms with Crippen LogP contribution in [0.5, 0.6) is 0 Å². The van der Waals surface area contributed by atoms with Gasteiger partial charge in [0.05, 0.1) is 16.1 Å². The van der Waals surface area contributed by atoms with Crippen molar-refractivity contribution in [2.45, 2.75) is 6.92 Å². The number of nitriles is 1. The largest absolute Gasteiger partial charge is 0.322 e. The second-order valence-corrected chi connectivity index (χ2v) is 4.60. The predicted molar refractivity (Wildman–Crippen MR) is 75.3 cm³/mol. The molecule has 20 heavy (non-hydrogen) atoms. The zero-order valence-electron chi connectivity index (χ0n) is 10.6. The number of hydrogen-bond acceptors (Lipinski definition) is 2. The van der Waals surface area contributed by atoms with Gasteiger partial charge < -0.3 is 5.32 Å². The molecular weight excluding hydrogens is 279 g/mol. The first-order chi connectivity index (χ1) is 9.52. The van der Waals surface area contributed by atoms with Gasteiger partial charge in [0.1, 0.15) is 11.9 Å². The van der Waals surface area contributed by atoms with Crippen molar-refractivity contribution >= 4 is 23.2 Å². The molecule has 0 spiro atoms. The highest BCUT2D eigenvalue weighted by Crippen LogP contribution is 2.21. The molecule has 2 aromatic carbocycles. The summed E-state index contributed by atoms with van der Waals surface area (Å²) < 4.78 is 13.8. The molecule has 0 aliphatic carbocycles. The van der Waals surface area contributed by atoms with E-state index in [0.717, 1.165) is 0 Å². The number of aryl methyl sites for hydroxylation is 1. The minimum absolute atomic E-state index is 0.0431. The van der Waals surface area contributed by atoms with Gasteiger partial charge in [-0.3, -0.25) is 4.79 Å². The van der Waals surface area contributed by atoms with Gasteiger partial charge in [-0.2, -0.15) is 5.26 Å². The second kappa shape index (κ2) is 5.72. The molecule has 2 aromatic rings. The average Bonchev–Trinajstić information content (AvgIpc) is 2.43. The smallest absolute Gasteiger partial charge is 0.258 e. The molecule has 0 radical (unpaired) electrons. The molecule has 100 valence electrons. The molecule has 0 bridgehead atoms. The van der Waals surface area contributed by atoms with Crippen molar-refractivity contribution in [3.05, 3.63) is 63.9 Å². The Hall–Kier alpha value is -2.38. The molecule has 0 atom stereocenters. The lowest BCUT2D eigenvalue weighted by Crippen LogP contribution is -2.14. The van der Waals surface area contributed by atoms with Crippen LogP contribution >= 0.6 is 11.6 Å². The summed E-state index contributed by atoms with van der Waals surface area (Å²) in [5, 5.41) is 11.7. The third-order valence-corrected chi connectivity index (χ3v) is 3.11. The van der Waals surface area contributed by atoms with Crippen LogP contribution in [0.1, 0.15) is 21.5 Å². The van der Waals surface area contributed by atoms with Crippen molar-refractivity contribution in [1.82, 2.24) is 0 Å². The maximum Gasteiger partial charge on any atom is 0.258 e. The number of anilines is 1. The number of halogens is 2. The fourth-order valence-electron chi connectivity index (χ4n) is 1.71. The van der Waals surface area contributed by atoms with E-state index in [1.807, 2.05) is 6.07 Å². The fourth-order valence-corrected chi connectivity index (χ4v) is 1.87. The van der Waals surface area contributed by atoms with Crippen molar-refractivity contribution in [2.75, 3.05) is 5.32 Å². The first-order valence-corrected chi connectivity index (χ1v) is 6.17. The molecule has 0 saturated heterocycles. The third kappa shape index (κ3) is 2.79. The highest BCUT2D eigenvalue weighted by molar-refractivity contribution is 6.31. The van der Waals surface area contributed by atoms with Crippen LogP contribution in [0.25, 0.3) is 0 Å². The first kappa shape index (κ1) is 14.0. The van der Waals surface area contributed by atoms with Gasteiger partial charge in [-0.1, -0.05) is 23.7 Å². The SMILES string of the molecule is Cc1cccc(C(=O)Nc2ccc(Cl)c(C#N)c2)c1F. The number of hydrogen-bond donors (Lipinski definition) is 1. The molecule has 0 unspecified atom stereocenters. The van der Waals surface area contributed by atoms with Crippen LogP contribution in [0, 0.1) is 24.1 Å². The van der Waals surface area contributed by atoms with Crippen molar-refractivity contribution in [2.24, 2.45) is 0 Å². The molecule has 0 aliphatic heterocycles. The minimum Gasteiger partial charge on any atom is -0.322 e. The van der Waals surface area contributed by atoms with Crippen LogP contribution in [-0.4, -0.2) is 5.91 Å². The second-order valence-electron chi connectivity index (χ2n) is 4.20. The van der Waals surface area contributed by atoms with Crippen LogP contribution in [0.3, 0.4) is 0 Å². The minimum atomic E-state index is -0.572. The molecule has 0 saturated carbocycles. The van der Waals surface area contributed by atoms with Gasteiger partial charge in [0.2, 0.25) is 0 Å². The van der Waals surface area contributed by atoms with E-state index in [1.165, 1.54) is 18.2 Å². The molecule has 0 aliphatic rings. The van der Waals surface area contributed by atoms with Gasteiger partial charge >= 0.3 is 0 Å². The molecule has 3 nitrogen and oxygen atoms in total. The average molecular weight is 289 g/mol. The summed E-state index contributed by atoms with van der Waals surface area (Å²) in [5.74, 6) is -1.13. The lowest BCUT2D eigenvalue weighted by Gasteiger charge is -2.08. The highest BCUT2D eigenvalue weighted by Gasteiger charge is 2.13. The van der Waals surface area contributed by atoms with Gasteiger partial charge in [-0.25, -0.2) is 4.39 Å². The van der Waals surface area contributed by atoms with Crippen molar-refractivity contribution in [3.8, 4) is 6.07 Å². The topological polar surface area (TPSA) is 52.9 Å². The number of benzene rings is 2. The summed E-state index contributed by atoms with van der Waals surface area (Å²) in [6.45, 7) is 1.59. The standard InChI is InChI=1S/C15H10ClFN2O/c1-9-3-2-4-12(14(9)17)15(20)19-11-5-6-13(16)10(7-11)8-18/h2-7H,1H3,(H,19,20). The van der Waals surface area contributed by atoms with Gasteiger partial charge in [-0.05, 0) is 36.8 Å². The zero-order chi connectivity index (χ0) is 14.7. The molecule has 2 rings (SSSR count). The van der Waals surface area contributed by atoms with Crippen LogP contribution in [0.15, 0.2) is 36.4 Å². The fraction of sp³-hybridized carbons (Fsp3) is 0.0667. The van der Waals surface area contributed by atoms with E-state index in [1.54, 1.807) is 25.1 Å². The molecule has 0 fully saturated rings. The number of carbonyl (C=O) groups is 1. The lowest BCUT2D eigenvalue weighted by atomic mass is 10.1. The zero-order valence-corrected chi connectivity index (χ0v) is 11.3. The molecule has 5 heteroatoms. The van der Waals surface area contributed by atoms with E-state index in [4.69, 9.17) is 16.9 Å². The molecule has 1 N–H and O–H groups in total. The number of nitrogens with zero attached hydrogens (tertiary/aromatic N) is 1. The van der Waals surface area contributed by atoms with Crippen molar-refractivity contribution < 1.29 is 9.18 Å². The molecule has 1 amide bonds. The van der Waals surface area contributed by atoms with E-state index in [2.05, 4.69) is 5.32 Å². The van der Waals surface area contributed by atoms with Gasteiger partial charge in [0.15, 0.2) is 0 Å². The van der Waals surface area contributed by atoms with E-state index in [0.29, 0.717) is 16.3 Å². The van der Waals surface area contributed by atoms with Gasteiger partial charge in [0, 0.05) is 5.69 Å². The van der Waals surface area contributed by atoms with Crippen LogP contribution in [0.4, 0.5) is 10.1 Å². The Balaban J connectivity index is 2.29. The molecular formula is C15H10ClFN2O. The Morgan fingerprint density at radius 3 is 2.80 bits per heavy atom. The summed E-state index contributed by atoms with van der Waals surface area (Å²) in [7, 11) is 0. The highest BCUT2D eigenvalue weighted by atomic mass is 35.5. The van der Waals surface area contributed by atoms with E-state index < -0.39 is 11.7 Å². The van der Waals surface area contributed by atoms with Gasteiger partial charge in [-0.15, -0.1) is 0 Å². The van der Waals surface area contributed by atoms with Gasteiger partial charge in [0.25, 0.3) is 5.91 Å². The van der Waals surface area contributed by atoms with Crippen molar-refractivity contribution in [3.63, 3.8) is 0 Å². The first-order valence-electron chi connectivity index (χ1n) is 5.79. The lowest BCUT2D eigenvalue weighted by molar-refractivity contribution is 0.102. The number of amides is 1. The quantitative estimate of drug-likeness (QED) is 0.911. The summed E-state index contributed by atoms with van der Waals surface area (Å²) in [6.07, 6.45) is 0. The van der Waals surface area contributed by atoms with Crippen LogP contribution < -0.4 is 5.32 Å². The maximum atomic E-state index is 13.8. The van der Waals surface area contributed by atoms with E-state index in [-0.39, 0.29) is 11.1 Å². The third-order valence-electron chi connectivity index (χ3n) is 2.78. The maximum absolute atomic E-state index is 13.8. The Kier molecular flexibility index (Phi) is 4.02. The Bertz CT molecular complexity index is 722. The predicted octanol–water partition coefficient (Wildman–Crippen LogP) is 3.91. The number of nitrogens with one attached hydrogen (secondary N) is 1. The number of rotatable bonds is 2. The molecule has 0 aromatic heterocycles. The van der Waals surface area contributed by atoms with E-state index in [9.17, 15) is 9.18 Å². The molecule has 0 heterocycles. The van der Waals surface area contributed by atoms with E-state index >= 15 is 0 Å². The monoisotopic (exact) mass is 288 g/mol. The summed E-state index contributed by atoms with van der Waals surface area (Å²) in [4.78, 5) is 12.0. The summed E-state index contributed by atoms with van der Waals surface area (Å²) in [5.41, 5.74) is 0.982. The summed E-state index contributed by atoms with van der Waals surface area (Å²) >= 11 is 5.80. The Labute approximate surface area is 120 Å².